The van der Waals surface area contributed by atoms with Gasteiger partial charge in [0.25, 0.3) is 11.8 Å². The van der Waals surface area contributed by atoms with Crippen LogP contribution in [0.1, 0.15) is 46.8 Å². The number of halogens is 3. The van der Waals surface area contributed by atoms with E-state index in [0.717, 1.165) is 17.2 Å². The van der Waals surface area contributed by atoms with Gasteiger partial charge in [-0.25, -0.2) is 0 Å². The van der Waals surface area contributed by atoms with Crippen molar-refractivity contribution < 1.29 is 32.7 Å². The van der Waals surface area contributed by atoms with Gasteiger partial charge in [0.2, 0.25) is 5.91 Å². The van der Waals surface area contributed by atoms with Crippen LogP contribution in [0.5, 0.6) is 0 Å². The third kappa shape index (κ3) is 7.73. The van der Waals surface area contributed by atoms with Crippen molar-refractivity contribution in [1.82, 2.24) is 4.90 Å². The number of benzene rings is 4. The van der Waals surface area contributed by atoms with Crippen LogP contribution < -0.4 is 10.6 Å². The number of likely N-dealkylation sites (tertiary alicyclic amines) is 1. The Bertz CT molecular complexity index is 1860. The predicted octanol–water partition coefficient (Wildman–Crippen LogP) is 6.67. The Labute approximate surface area is 275 Å². The van der Waals surface area contributed by atoms with E-state index in [-0.39, 0.29) is 49.9 Å². The molecule has 1 atom stereocenters. The summed E-state index contributed by atoms with van der Waals surface area (Å²) in [6.45, 7) is 1.93. The van der Waals surface area contributed by atoms with E-state index < -0.39 is 34.7 Å². The second-order valence-corrected chi connectivity index (χ2v) is 11.8. The van der Waals surface area contributed by atoms with E-state index >= 15 is 0 Å². The first-order valence-corrected chi connectivity index (χ1v) is 15.3. The summed E-state index contributed by atoms with van der Waals surface area (Å²) < 4.78 is 41.1. The molecule has 1 aliphatic rings. The molecule has 5 rings (SSSR count). The van der Waals surface area contributed by atoms with Crippen LogP contribution in [0.4, 0.5) is 24.5 Å². The molecule has 3 amide bonds. The average molecular weight is 655 g/mol. The van der Waals surface area contributed by atoms with E-state index in [1.807, 2.05) is 24.3 Å². The molecule has 0 aliphatic carbocycles. The standard InChI is InChI=1S/C37H33F3N4O4/c1-24(45)42-31-12-6-11-28(20-31)27-10-5-7-25(19-27)22-36(48,30-15-17-44(18-16-30)34(46)26-8-3-2-4-9-26)35(47)43-32-14-13-29(23-41)33(21-32)37(38,39)40/h2-14,19-21,30,48H,15-18,22H2,1H3,(H,42,45)(H,43,47)/t36-/m1/s1. The Balaban J connectivity index is 1.44. The van der Waals surface area contributed by atoms with Gasteiger partial charge in [0.15, 0.2) is 0 Å². The summed E-state index contributed by atoms with van der Waals surface area (Å²) in [6.07, 6.45) is -4.47. The van der Waals surface area contributed by atoms with Gasteiger partial charge in [-0.15, -0.1) is 0 Å². The lowest BCUT2D eigenvalue weighted by atomic mass is 9.75. The van der Waals surface area contributed by atoms with Crippen molar-refractivity contribution >= 4 is 29.1 Å². The number of nitrogens with zero attached hydrogens (tertiary/aromatic N) is 2. The highest BCUT2D eigenvalue weighted by molar-refractivity contribution is 5.98. The van der Waals surface area contributed by atoms with E-state index in [1.165, 1.54) is 19.1 Å². The van der Waals surface area contributed by atoms with Gasteiger partial charge in [0.1, 0.15) is 5.60 Å². The Hall–Kier alpha value is -5.47. The number of anilines is 2. The fourth-order valence-electron chi connectivity index (χ4n) is 6.08. The predicted molar refractivity (Wildman–Crippen MR) is 175 cm³/mol. The number of nitriles is 1. The van der Waals surface area contributed by atoms with E-state index in [9.17, 15) is 37.9 Å². The molecule has 246 valence electrons. The lowest BCUT2D eigenvalue weighted by molar-refractivity contribution is -0.142. The quantitative estimate of drug-likeness (QED) is 0.196. The first-order valence-electron chi connectivity index (χ1n) is 15.3. The molecular weight excluding hydrogens is 621 g/mol. The van der Waals surface area contributed by atoms with Crippen LogP contribution in [-0.4, -0.2) is 46.4 Å². The van der Waals surface area contributed by atoms with Crippen LogP contribution in [0.25, 0.3) is 11.1 Å². The number of nitrogens with one attached hydrogen (secondary N) is 2. The van der Waals surface area contributed by atoms with Crippen LogP contribution in [0, 0.1) is 17.2 Å². The molecule has 8 nitrogen and oxygen atoms in total. The molecule has 0 spiro atoms. The van der Waals surface area contributed by atoms with Crippen molar-refractivity contribution in [3.05, 3.63) is 119 Å². The van der Waals surface area contributed by atoms with E-state index in [1.54, 1.807) is 59.5 Å². The summed E-state index contributed by atoms with van der Waals surface area (Å²) >= 11 is 0. The summed E-state index contributed by atoms with van der Waals surface area (Å²) in [5.74, 6) is -1.94. The molecule has 4 aromatic carbocycles. The van der Waals surface area contributed by atoms with Gasteiger partial charge in [0.05, 0.1) is 17.2 Å². The molecule has 0 unspecified atom stereocenters. The molecule has 1 aliphatic heterocycles. The monoisotopic (exact) mass is 654 g/mol. The molecule has 48 heavy (non-hydrogen) atoms. The Morgan fingerprint density at radius 2 is 1.50 bits per heavy atom. The van der Waals surface area contributed by atoms with Gasteiger partial charge in [-0.05, 0) is 72.0 Å². The van der Waals surface area contributed by atoms with Crippen LogP contribution in [-0.2, 0) is 22.2 Å². The number of hydrogen-bond donors (Lipinski definition) is 3. The van der Waals surface area contributed by atoms with E-state index in [0.29, 0.717) is 22.9 Å². The zero-order chi connectivity index (χ0) is 34.5. The molecule has 0 bridgehead atoms. The van der Waals surface area contributed by atoms with Crippen molar-refractivity contribution in [2.45, 2.75) is 38.0 Å². The highest BCUT2D eigenvalue weighted by Gasteiger charge is 2.46. The molecule has 0 aromatic heterocycles. The SMILES string of the molecule is CC(=O)Nc1cccc(-c2cccc(C[C@](O)(C(=O)Nc3ccc(C#N)c(C(F)(F)F)c3)C3CCN(C(=O)c4ccccc4)CC3)c2)c1. The van der Waals surface area contributed by atoms with Gasteiger partial charge < -0.3 is 20.6 Å². The smallest absolute Gasteiger partial charge is 0.379 e. The first-order chi connectivity index (χ1) is 22.9. The molecule has 1 saturated heterocycles. The summed E-state index contributed by atoms with van der Waals surface area (Å²) in [5, 5.41) is 26.7. The topological polar surface area (TPSA) is 123 Å². The van der Waals surface area contributed by atoms with Gasteiger partial charge in [-0.3, -0.25) is 14.4 Å². The normalized spacial score (nSPS) is 14.8. The van der Waals surface area contributed by atoms with Crippen molar-refractivity contribution in [3.63, 3.8) is 0 Å². The second-order valence-electron chi connectivity index (χ2n) is 11.8. The number of amides is 3. The number of carbonyl (C=O) groups is 3. The van der Waals surface area contributed by atoms with Crippen LogP contribution in [0.15, 0.2) is 97.1 Å². The van der Waals surface area contributed by atoms with Crippen molar-refractivity contribution in [2.75, 3.05) is 23.7 Å². The number of hydrogen-bond acceptors (Lipinski definition) is 5. The zero-order valence-corrected chi connectivity index (χ0v) is 26.1. The molecule has 0 saturated carbocycles. The Morgan fingerprint density at radius 3 is 2.15 bits per heavy atom. The lowest BCUT2D eigenvalue weighted by Crippen LogP contribution is -2.54. The van der Waals surface area contributed by atoms with Crippen LogP contribution >= 0.6 is 0 Å². The number of rotatable bonds is 8. The summed E-state index contributed by atoms with van der Waals surface area (Å²) in [7, 11) is 0. The van der Waals surface area contributed by atoms with Crippen molar-refractivity contribution in [2.24, 2.45) is 5.92 Å². The molecular formula is C37H33F3N4O4. The van der Waals surface area contributed by atoms with Gasteiger partial charge in [-0.2, -0.15) is 18.4 Å². The Kier molecular flexibility index (Phi) is 9.96. The zero-order valence-electron chi connectivity index (χ0n) is 26.1. The second kappa shape index (κ2) is 14.1. The maximum Gasteiger partial charge on any atom is 0.417 e. The minimum Gasteiger partial charge on any atom is -0.379 e. The highest BCUT2D eigenvalue weighted by Crippen LogP contribution is 2.37. The maximum atomic E-state index is 14.0. The van der Waals surface area contributed by atoms with Crippen molar-refractivity contribution in [3.8, 4) is 17.2 Å². The number of aliphatic hydroxyl groups is 1. The number of piperidine rings is 1. The molecule has 11 heteroatoms. The number of alkyl halides is 3. The van der Waals surface area contributed by atoms with Crippen molar-refractivity contribution in [1.29, 1.82) is 5.26 Å². The van der Waals surface area contributed by atoms with Gasteiger partial charge >= 0.3 is 6.18 Å². The van der Waals surface area contributed by atoms with Crippen LogP contribution in [0.2, 0.25) is 0 Å². The maximum absolute atomic E-state index is 14.0. The molecule has 1 fully saturated rings. The lowest BCUT2D eigenvalue weighted by Gasteiger charge is -2.40. The summed E-state index contributed by atoms with van der Waals surface area (Å²) in [6, 6.07) is 27.5. The molecule has 4 aromatic rings. The average Bonchev–Trinajstić information content (AvgIpc) is 3.08. The Morgan fingerprint density at radius 1 is 0.854 bits per heavy atom. The molecule has 1 heterocycles. The van der Waals surface area contributed by atoms with Gasteiger partial charge in [-0.1, -0.05) is 54.6 Å². The van der Waals surface area contributed by atoms with E-state index in [4.69, 9.17) is 0 Å². The largest absolute Gasteiger partial charge is 0.417 e. The molecule has 0 radical (unpaired) electrons. The fourth-order valence-corrected chi connectivity index (χ4v) is 6.08. The summed E-state index contributed by atoms with van der Waals surface area (Å²) in [5.41, 5.74) is -0.847. The fraction of sp³-hybridized carbons (Fsp3) is 0.243. The minimum atomic E-state index is -4.84. The minimum absolute atomic E-state index is 0.169. The van der Waals surface area contributed by atoms with Gasteiger partial charge in [0, 0.05) is 49.3 Å². The highest BCUT2D eigenvalue weighted by atomic mass is 19.4. The third-order valence-corrected chi connectivity index (χ3v) is 8.49. The summed E-state index contributed by atoms with van der Waals surface area (Å²) in [4.78, 5) is 40.3. The van der Waals surface area contributed by atoms with Crippen LogP contribution in [0.3, 0.4) is 0 Å². The third-order valence-electron chi connectivity index (χ3n) is 8.49. The van der Waals surface area contributed by atoms with E-state index in [2.05, 4.69) is 10.6 Å². The molecule has 3 N–H and O–H groups in total. The first kappa shape index (κ1) is 33.9. The number of carbonyl (C=O) groups excluding carboxylic acids is 3.